The van der Waals surface area contributed by atoms with Crippen LogP contribution in [-0.4, -0.2) is 58.6 Å². The van der Waals surface area contributed by atoms with Crippen LogP contribution in [0.25, 0.3) is 0 Å². The third kappa shape index (κ3) is 2.79. The Balaban J connectivity index is 2.09. The number of aliphatic carboxylic acids is 1. The molecule has 2 saturated heterocycles. The Kier molecular flexibility index (Phi) is 4.85. The lowest BCUT2D eigenvalue weighted by molar-refractivity contribution is -0.151. The first-order chi connectivity index (χ1) is 9.14. The second-order valence-corrected chi connectivity index (χ2v) is 6.01. The van der Waals surface area contributed by atoms with Gasteiger partial charge in [-0.25, -0.2) is 0 Å². The van der Waals surface area contributed by atoms with E-state index in [4.69, 9.17) is 0 Å². The molecule has 0 aromatic heterocycles. The number of likely N-dealkylation sites (tertiary alicyclic amines) is 2. The number of carbonyl (C=O) groups is 1. The number of hydrogen-bond acceptors (Lipinski definition) is 3. The molecule has 0 radical (unpaired) electrons. The normalized spacial score (nSPS) is 34.3. The molecule has 2 aliphatic rings. The molecule has 2 atom stereocenters. The van der Waals surface area contributed by atoms with Crippen LogP contribution in [0, 0.1) is 0 Å². The van der Waals surface area contributed by atoms with Gasteiger partial charge in [-0.1, -0.05) is 13.8 Å². The van der Waals surface area contributed by atoms with Gasteiger partial charge < -0.3 is 10.0 Å². The molecule has 0 aromatic carbocycles. The largest absolute Gasteiger partial charge is 0.480 e. The highest BCUT2D eigenvalue weighted by molar-refractivity contribution is 5.79. The Morgan fingerprint density at radius 2 is 2.00 bits per heavy atom. The van der Waals surface area contributed by atoms with Crippen molar-refractivity contribution in [2.45, 2.75) is 64.0 Å². The summed E-state index contributed by atoms with van der Waals surface area (Å²) in [4.78, 5) is 16.6. The lowest BCUT2D eigenvalue weighted by atomic mass is 9.90. The van der Waals surface area contributed by atoms with Gasteiger partial charge in [-0.3, -0.25) is 9.69 Å². The van der Waals surface area contributed by atoms with Crippen LogP contribution in [0.15, 0.2) is 0 Å². The lowest BCUT2D eigenvalue weighted by Gasteiger charge is -2.39. The second-order valence-electron chi connectivity index (χ2n) is 6.01. The molecule has 4 heteroatoms. The quantitative estimate of drug-likeness (QED) is 0.849. The maximum atomic E-state index is 11.8. The topological polar surface area (TPSA) is 43.8 Å². The van der Waals surface area contributed by atoms with Crippen molar-refractivity contribution in [1.29, 1.82) is 0 Å². The predicted octanol–water partition coefficient (Wildman–Crippen LogP) is 2.19. The summed E-state index contributed by atoms with van der Waals surface area (Å²) in [7, 11) is 0. The van der Waals surface area contributed by atoms with Crippen LogP contribution in [0.5, 0.6) is 0 Å². The molecule has 2 aliphatic heterocycles. The molecule has 2 heterocycles. The van der Waals surface area contributed by atoms with Crippen LogP contribution < -0.4 is 0 Å². The highest BCUT2D eigenvalue weighted by Crippen LogP contribution is 2.37. The number of carboxylic acids is 1. The fraction of sp³-hybridized carbons (Fsp3) is 0.933. The summed E-state index contributed by atoms with van der Waals surface area (Å²) in [5.74, 6) is -0.607. The van der Waals surface area contributed by atoms with Crippen LogP contribution in [0.2, 0.25) is 0 Å². The zero-order valence-electron chi connectivity index (χ0n) is 12.4. The Hall–Kier alpha value is -0.610. The second kappa shape index (κ2) is 6.23. The van der Waals surface area contributed by atoms with Crippen molar-refractivity contribution in [3.8, 4) is 0 Å². The predicted molar refractivity (Wildman–Crippen MR) is 76.4 cm³/mol. The molecule has 1 N–H and O–H groups in total. The molecule has 0 aliphatic carbocycles. The summed E-state index contributed by atoms with van der Waals surface area (Å²) in [5.41, 5.74) is -0.577. The molecule has 0 aromatic rings. The van der Waals surface area contributed by atoms with Crippen molar-refractivity contribution < 1.29 is 9.90 Å². The minimum absolute atomic E-state index is 0.468. The molecule has 19 heavy (non-hydrogen) atoms. The number of hydrogen-bond donors (Lipinski definition) is 1. The summed E-state index contributed by atoms with van der Waals surface area (Å²) in [6.45, 7) is 8.62. The van der Waals surface area contributed by atoms with E-state index in [9.17, 15) is 9.90 Å². The van der Waals surface area contributed by atoms with E-state index in [1.807, 2.05) is 6.92 Å². The van der Waals surface area contributed by atoms with Gasteiger partial charge in [0.15, 0.2) is 0 Å². The molecule has 4 nitrogen and oxygen atoms in total. The summed E-state index contributed by atoms with van der Waals surface area (Å²) in [6, 6.07) is 0.468. The van der Waals surface area contributed by atoms with Crippen molar-refractivity contribution in [1.82, 2.24) is 9.80 Å². The van der Waals surface area contributed by atoms with Crippen molar-refractivity contribution in [3.63, 3.8) is 0 Å². The Labute approximate surface area is 116 Å². The Morgan fingerprint density at radius 3 is 2.63 bits per heavy atom. The molecule has 0 bridgehead atoms. The molecular formula is C15H28N2O2. The van der Waals surface area contributed by atoms with E-state index < -0.39 is 11.5 Å². The van der Waals surface area contributed by atoms with Crippen LogP contribution >= 0.6 is 0 Å². The van der Waals surface area contributed by atoms with E-state index in [1.54, 1.807) is 0 Å². The standard InChI is InChI=1S/C15H28N2O2/c1-3-15(14(18)19)9-6-11-17(15)13-7-5-10-16(4-2)12-8-13/h13H,3-12H2,1-2H3,(H,18,19). The van der Waals surface area contributed by atoms with Gasteiger partial charge in [0.25, 0.3) is 0 Å². The van der Waals surface area contributed by atoms with Gasteiger partial charge in [0.1, 0.15) is 5.54 Å². The zero-order chi connectivity index (χ0) is 13.9. The molecule has 2 unspecified atom stereocenters. The SMILES string of the molecule is CCN1CCCC(N2CCCC2(CC)C(=O)O)CC1. The third-order valence-corrected chi connectivity index (χ3v) is 5.20. The van der Waals surface area contributed by atoms with Crippen LogP contribution in [0.1, 0.15) is 52.4 Å². The van der Waals surface area contributed by atoms with E-state index in [2.05, 4.69) is 16.7 Å². The fourth-order valence-electron chi connectivity index (χ4n) is 3.96. The number of carboxylic acid groups (broad SMARTS) is 1. The van der Waals surface area contributed by atoms with E-state index in [0.29, 0.717) is 6.04 Å². The zero-order valence-corrected chi connectivity index (χ0v) is 12.4. The lowest BCUT2D eigenvalue weighted by Crippen LogP contribution is -2.54. The molecular weight excluding hydrogens is 240 g/mol. The Morgan fingerprint density at radius 1 is 1.21 bits per heavy atom. The van der Waals surface area contributed by atoms with E-state index in [1.165, 1.54) is 13.0 Å². The maximum absolute atomic E-state index is 11.8. The fourth-order valence-corrected chi connectivity index (χ4v) is 3.96. The monoisotopic (exact) mass is 268 g/mol. The first-order valence-corrected chi connectivity index (χ1v) is 7.86. The van der Waals surface area contributed by atoms with Gasteiger partial charge in [0.05, 0.1) is 0 Å². The Bertz CT molecular complexity index is 321. The third-order valence-electron chi connectivity index (χ3n) is 5.20. The molecule has 2 rings (SSSR count). The first kappa shape index (κ1) is 14.8. The van der Waals surface area contributed by atoms with Crippen molar-refractivity contribution in [3.05, 3.63) is 0 Å². The highest BCUT2D eigenvalue weighted by Gasteiger charge is 2.48. The van der Waals surface area contributed by atoms with Gasteiger partial charge in [-0.05, 0) is 64.7 Å². The van der Waals surface area contributed by atoms with E-state index in [0.717, 1.165) is 51.7 Å². The number of rotatable bonds is 4. The summed E-state index contributed by atoms with van der Waals surface area (Å²) >= 11 is 0. The van der Waals surface area contributed by atoms with Gasteiger partial charge >= 0.3 is 5.97 Å². The molecule has 110 valence electrons. The van der Waals surface area contributed by atoms with Gasteiger partial charge in [0, 0.05) is 6.04 Å². The highest BCUT2D eigenvalue weighted by atomic mass is 16.4. The van der Waals surface area contributed by atoms with Crippen LogP contribution in [-0.2, 0) is 4.79 Å². The summed E-state index contributed by atoms with van der Waals surface area (Å²) in [5, 5.41) is 9.68. The average molecular weight is 268 g/mol. The maximum Gasteiger partial charge on any atom is 0.324 e. The molecule has 0 spiro atoms. The molecule has 2 fully saturated rings. The summed E-state index contributed by atoms with van der Waals surface area (Å²) in [6.07, 6.45) is 6.08. The minimum Gasteiger partial charge on any atom is -0.480 e. The van der Waals surface area contributed by atoms with E-state index in [-0.39, 0.29) is 0 Å². The molecule has 0 amide bonds. The van der Waals surface area contributed by atoms with Crippen LogP contribution in [0.3, 0.4) is 0 Å². The van der Waals surface area contributed by atoms with Gasteiger partial charge in [-0.2, -0.15) is 0 Å². The van der Waals surface area contributed by atoms with E-state index >= 15 is 0 Å². The van der Waals surface area contributed by atoms with Crippen molar-refractivity contribution in [2.75, 3.05) is 26.2 Å². The summed E-state index contributed by atoms with van der Waals surface area (Å²) < 4.78 is 0. The van der Waals surface area contributed by atoms with Crippen molar-refractivity contribution >= 4 is 5.97 Å². The molecule has 0 saturated carbocycles. The first-order valence-electron chi connectivity index (χ1n) is 7.86. The van der Waals surface area contributed by atoms with Gasteiger partial charge in [0.2, 0.25) is 0 Å². The van der Waals surface area contributed by atoms with Crippen molar-refractivity contribution in [2.24, 2.45) is 0 Å². The van der Waals surface area contributed by atoms with Crippen LogP contribution in [0.4, 0.5) is 0 Å². The smallest absolute Gasteiger partial charge is 0.324 e. The minimum atomic E-state index is -0.607. The number of nitrogens with zero attached hydrogens (tertiary/aromatic N) is 2. The average Bonchev–Trinajstić information content (AvgIpc) is 2.71. The van der Waals surface area contributed by atoms with Gasteiger partial charge in [-0.15, -0.1) is 0 Å².